The number of carbonyl (C=O) groups is 3. The zero-order chi connectivity index (χ0) is 31.6. The Balaban J connectivity index is 2.24. The van der Waals surface area contributed by atoms with Gasteiger partial charge in [0.25, 0.3) is 0 Å². The monoisotopic (exact) mass is 588 g/mol. The molecule has 2 amide bonds. The van der Waals surface area contributed by atoms with Gasteiger partial charge in [0.15, 0.2) is 6.04 Å². The third-order valence-corrected chi connectivity index (χ3v) is 6.48. The first-order valence-electron chi connectivity index (χ1n) is 14.5. The molecule has 0 spiro atoms. The van der Waals surface area contributed by atoms with Crippen molar-refractivity contribution >= 4 is 18.2 Å². The summed E-state index contributed by atoms with van der Waals surface area (Å²) in [6.07, 6.45) is -1.66. The van der Waals surface area contributed by atoms with Gasteiger partial charge in [-0.2, -0.15) is 4.90 Å². The third kappa shape index (κ3) is 10.6. The zero-order valence-corrected chi connectivity index (χ0v) is 26.3. The van der Waals surface area contributed by atoms with E-state index >= 15 is 0 Å². The summed E-state index contributed by atoms with van der Waals surface area (Å²) >= 11 is 0. The van der Waals surface area contributed by atoms with Crippen LogP contribution in [0.25, 0.3) is 0 Å². The average Bonchev–Trinajstić information content (AvgIpc) is 2.94. The SMILES string of the molecule is COC(=O)[C@H]([C@H](Cc1ccccc1)N(Cc1ccccc1)Cc1ccccc1)N(C(=O)OC(C)(C)C)C(=O)OC(C)(C)C. The Bertz CT molecular complexity index is 1250. The van der Waals surface area contributed by atoms with Gasteiger partial charge in [0.2, 0.25) is 0 Å². The second-order valence-electron chi connectivity index (χ2n) is 12.4. The van der Waals surface area contributed by atoms with Crippen LogP contribution in [-0.2, 0) is 38.5 Å². The van der Waals surface area contributed by atoms with Crippen molar-refractivity contribution in [2.24, 2.45) is 0 Å². The quantitative estimate of drug-likeness (QED) is 0.186. The zero-order valence-electron chi connectivity index (χ0n) is 26.3. The van der Waals surface area contributed by atoms with Crippen LogP contribution in [0.1, 0.15) is 58.2 Å². The van der Waals surface area contributed by atoms with E-state index in [0.29, 0.717) is 19.5 Å². The Labute approximate surface area is 255 Å². The van der Waals surface area contributed by atoms with E-state index in [4.69, 9.17) is 14.2 Å². The molecule has 0 saturated heterocycles. The summed E-state index contributed by atoms with van der Waals surface area (Å²) in [6, 6.07) is 27.2. The van der Waals surface area contributed by atoms with E-state index in [1.807, 2.05) is 91.0 Å². The Kier molecular flexibility index (Phi) is 11.5. The molecule has 2 atom stereocenters. The summed E-state index contributed by atoms with van der Waals surface area (Å²) in [5.41, 5.74) is 1.03. The van der Waals surface area contributed by atoms with Crippen LogP contribution < -0.4 is 0 Å². The largest absolute Gasteiger partial charge is 0.467 e. The molecule has 0 saturated carbocycles. The first-order chi connectivity index (χ1) is 20.3. The van der Waals surface area contributed by atoms with E-state index in [1.54, 1.807) is 41.5 Å². The Morgan fingerprint density at radius 3 is 1.35 bits per heavy atom. The summed E-state index contributed by atoms with van der Waals surface area (Å²) in [4.78, 5) is 44.4. The third-order valence-electron chi connectivity index (χ3n) is 6.48. The lowest BCUT2D eigenvalue weighted by Gasteiger charge is -2.40. The number of benzene rings is 3. The van der Waals surface area contributed by atoms with Gasteiger partial charge in [0.05, 0.1) is 7.11 Å². The number of rotatable bonds is 10. The van der Waals surface area contributed by atoms with Gasteiger partial charge < -0.3 is 14.2 Å². The second-order valence-corrected chi connectivity index (χ2v) is 12.4. The molecule has 8 heteroatoms. The van der Waals surface area contributed by atoms with E-state index in [-0.39, 0.29) is 0 Å². The second kappa shape index (κ2) is 14.8. The number of nitrogens with zero attached hydrogens (tertiary/aromatic N) is 2. The summed E-state index contributed by atoms with van der Waals surface area (Å²) < 4.78 is 16.7. The summed E-state index contributed by atoms with van der Waals surface area (Å²) in [6.45, 7) is 11.0. The van der Waals surface area contributed by atoms with Gasteiger partial charge in [-0.1, -0.05) is 91.0 Å². The van der Waals surface area contributed by atoms with Crippen molar-refractivity contribution in [1.82, 2.24) is 9.80 Å². The van der Waals surface area contributed by atoms with Crippen LogP contribution in [0.5, 0.6) is 0 Å². The first-order valence-corrected chi connectivity index (χ1v) is 14.5. The maximum Gasteiger partial charge on any atom is 0.420 e. The predicted octanol–water partition coefficient (Wildman–Crippen LogP) is 7.01. The minimum absolute atomic E-state index is 0.322. The van der Waals surface area contributed by atoms with Gasteiger partial charge in [0.1, 0.15) is 11.2 Å². The maximum atomic E-state index is 13.8. The lowest BCUT2D eigenvalue weighted by atomic mass is 9.95. The highest BCUT2D eigenvalue weighted by molar-refractivity contribution is 5.94. The van der Waals surface area contributed by atoms with Crippen LogP contribution >= 0.6 is 0 Å². The Morgan fingerprint density at radius 2 is 1.00 bits per heavy atom. The highest BCUT2D eigenvalue weighted by Gasteiger charge is 2.47. The van der Waals surface area contributed by atoms with Crippen LogP contribution in [0.15, 0.2) is 91.0 Å². The fraction of sp³-hybridized carbons (Fsp3) is 0.400. The smallest absolute Gasteiger partial charge is 0.420 e. The highest BCUT2D eigenvalue weighted by Crippen LogP contribution is 2.26. The van der Waals surface area contributed by atoms with Crippen molar-refractivity contribution in [2.45, 2.75) is 84.3 Å². The van der Waals surface area contributed by atoms with E-state index in [2.05, 4.69) is 4.90 Å². The van der Waals surface area contributed by atoms with Crippen molar-refractivity contribution in [2.75, 3.05) is 7.11 Å². The molecule has 230 valence electrons. The fourth-order valence-electron chi connectivity index (χ4n) is 4.70. The average molecular weight is 589 g/mol. The van der Waals surface area contributed by atoms with Gasteiger partial charge in [-0.15, -0.1) is 0 Å². The van der Waals surface area contributed by atoms with Crippen LogP contribution in [0.4, 0.5) is 9.59 Å². The summed E-state index contributed by atoms with van der Waals surface area (Å²) in [5.74, 6) is -0.760. The number of carbonyl (C=O) groups excluding carboxylic acids is 3. The lowest BCUT2D eigenvalue weighted by Crippen LogP contribution is -2.61. The molecule has 0 N–H and O–H groups in total. The number of esters is 1. The number of ether oxygens (including phenoxy) is 3. The van der Waals surface area contributed by atoms with Crippen molar-refractivity contribution in [3.05, 3.63) is 108 Å². The molecule has 3 rings (SSSR count). The predicted molar refractivity (Wildman–Crippen MR) is 166 cm³/mol. The van der Waals surface area contributed by atoms with Gasteiger partial charge >= 0.3 is 18.2 Å². The molecular weight excluding hydrogens is 544 g/mol. The molecule has 0 unspecified atom stereocenters. The molecule has 0 fully saturated rings. The van der Waals surface area contributed by atoms with E-state index in [1.165, 1.54) is 7.11 Å². The number of hydrogen-bond donors (Lipinski definition) is 0. The highest BCUT2D eigenvalue weighted by atomic mass is 16.6. The van der Waals surface area contributed by atoms with Crippen molar-refractivity contribution < 1.29 is 28.6 Å². The molecule has 0 heterocycles. The van der Waals surface area contributed by atoms with Crippen molar-refractivity contribution in [3.63, 3.8) is 0 Å². The Hall–Kier alpha value is -4.17. The molecule has 0 radical (unpaired) electrons. The van der Waals surface area contributed by atoms with Crippen LogP contribution in [0.3, 0.4) is 0 Å². The number of imide groups is 1. The van der Waals surface area contributed by atoms with Crippen LogP contribution in [0.2, 0.25) is 0 Å². The molecule has 8 nitrogen and oxygen atoms in total. The molecule has 0 aliphatic carbocycles. The molecule has 43 heavy (non-hydrogen) atoms. The van der Waals surface area contributed by atoms with Gasteiger partial charge in [0, 0.05) is 19.1 Å². The van der Waals surface area contributed by atoms with Crippen LogP contribution in [0, 0.1) is 0 Å². The van der Waals surface area contributed by atoms with Crippen LogP contribution in [-0.4, -0.2) is 58.4 Å². The molecule has 0 aliphatic rings. The standard InChI is InChI=1S/C35H44N2O6/c1-34(2,3)42-32(39)37(33(40)43-35(4,5)6)30(31(38)41-7)29(23-26-17-11-8-12-18-26)36(24-27-19-13-9-14-20-27)25-28-21-15-10-16-22-28/h8-22,29-30H,23-25H2,1-7H3/t29-,30-/m0/s1. The minimum atomic E-state index is -1.40. The molecule has 3 aromatic rings. The first kappa shape index (κ1) is 33.3. The van der Waals surface area contributed by atoms with Gasteiger partial charge in [-0.05, 0) is 64.7 Å². The van der Waals surface area contributed by atoms with E-state index in [0.717, 1.165) is 21.6 Å². The summed E-state index contributed by atoms with van der Waals surface area (Å²) in [5, 5.41) is 0. The molecule has 0 aromatic heterocycles. The molecular formula is C35H44N2O6. The number of hydrogen-bond acceptors (Lipinski definition) is 7. The normalized spacial score (nSPS) is 13.1. The van der Waals surface area contributed by atoms with Gasteiger partial charge in [-0.25, -0.2) is 14.4 Å². The lowest BCUT2D eigenvalue weighted by molar-refractivity contribution is -0.150. The van der Waals surface area contributed by atoms with Crippen molar-refractivity contribution in [1.29, 1.82) is 0 Å². The Morgan fingerprint density at radius 1 is 0.628 bits per heavy atom. The summed E-state index contributed by atoms with van der Waals surface area (Å²) in [7, 11) is 1.25. The number of methoxy groups -OCH3 is 1. The molecule has 0 bridgehead atoms. The fourth-order valence-corrected chi connectivity index (χ4v) is 4.70. The maximum absolute atomic E-state index is 13.8. The molecule has 0 aliphatic heterocycles. The van der Waals surface area contributed by atoms with E-state index in [9.17, 15) is 14.4 Å². The van der Waals surface area contributed by atoms with Gasteiger partial charge in [-0.3, -0.25) is 4.90 Å². The molecule has 3 aromatic carbocycles. The minimum Gasteiger partial charge on any atom is -0.467 e. The van der Waals surface area contributed by atoms with Crippen molar-refractivity contribution in [3.8, 4) is 0 Å². The topological polar surface area (TPSA) is 85.4 Å². The van der Waals surface area contributed by atoms with E-state index < -0.39 is 41.4 Å². The number of amides is 2.